The van der Waals surface area contributed by atoms with Crippen LogP contribution in [0.4, 0.5) is 5.95 Å². The summed E-state index contributed by atoms with van der Waals surface area (Å²) in [5, 5.41) is 1.14. The van der Waals surface area contributed by atoms with Gasteiger partial charge in [-0.15, -0.1) is 0 Å². The zero-order chi connectivity index (χ0) is 14.8. The van der Waals surface area contributed by atoms with Crippen molar-refractivity contribution in [3.05, 3.63) is 41.7 Å². The molecule has 0 bridgehead atoms. The molecule has 5 nitrogen and oxygen atoms in total. The number of benzene rings is 1. The highest BCUT2D eigenvalue weighted by atomic mass is 15.1. The van der Waals surface area contributed by atoms with E-state index in [1.54, 1.807) is 0 Å². The Hall–Kier alpha value is -2.56. The van der Waals surface area contributed by atoms with E-state index in [1.165, 1.54) is 0 Å². The van der Waals surface area contributed by atoms with Crippen LogP contribution in [0.3, 0.4) is 0 Å². The van der Waals surface area contributed by atoms with Crippen LogP contribution >= 0.6 is 0 Å². The first-order valence-corrected chi connectivity index (χ1v) is 7.04. The van der Waals surface area contributed by atoms with Gasteiger partial charge in [-0.3, -0.25) is 0 Å². The van der Waals surface area contributed by atoms with E-state index in [-0.39, 0.29) is 5.95 Å². The first-order valence-electron chi connectivity index (χ1n) is 7.04. The zero-order valence-corrected chi connectivity index (χ0v) is 12.2. The number of hydrogen-bond acceptors (Lipinski definition) is 5. The molecule has 5 heteroatoms. The average molecular weight is 279 g/mol. The van der Waals surface area contributed by atoms with Crippen molar-refractivity contribution in [2.24, 2.45) is 0 Å². The molecule has 2 heterocycles. The summed E-state index contributed by atoms with van der Waals surface area (Å²) in [6.07, 6.45) is 1.75. The van der Waals surface area contributed by atoms with Crippen LogP contribution in [0, 0.1) is 6.92 Å². The molecule has 0 fully saturated rings. The van der Waals surface area contributed by atoms with Crippen LogP contribution in [-0.4, -0.2) is 19.9 Å². The highest BCUT2D eigenvalue weighted by Gasteiger charge is 2.10. The Balaban J connectivity index is 2.16. The van der Waals surface area contributed by atoms with Crippen molar-refractivity contribution in [2.45, 2.75) is 26.7 Å². The minimum atomic E-state index is 0.246. The Morgan fingerprint density at radius 1 is 1.05 bits per heavy atom. The second-order valence-corrected chi connectivity index (χ2v) is 5.02. The second-order valence-electron chi connectivity index (χ2n) is 5.02. The number of nitrogens with zero attached hydrogens (tertiary/aromatic N) is 4. The van der Waals surface area contributed by atoms with Crippen molar-refractivity contribution in [1.29, 1.82) is 0 Å². The highest BCUT2D eigenvalue weighted by Crippen LogP contribution is 2.22. The maximum Gasteiger partial charge on any atom is 0.223 e. The lowest BCUT2D eigenvalue weighted by Crippen LogP contribution is -2.05. The predicted molar refractivity (Wildman–Crippen MR) is 83.7 cm³/mol. The minimum Gasteiger partial charge on any atom is -0.368 e. The summed E-state index contributed by atoms with van der Waals surface area (Å²) in [6.45, 7) is 4.14. The van der Waals surface area contributed by atoms with Gasteiger partial charge in [-0.25, -0.2) is 9.97 Å². The van der Waals surface area contributed by atoms with Gasteiger partial charge >= 0.3 is 0 Å². The Labute approximate surface area is 123 Å². The SMILES string of the molecule is CCCc1nc(N)nc(-c2cc(C)c3ccccc3n2)n1. The summed E-state index contributed by atoms with van der Waals surface area (Å²) in [7, 11) is 0. The van der Waals surface area contributed by atoms with Gasteiger partial charge in [-0.05, 0) is 31.0 Å². The third kappa shape index (κ3) is 2.67. The lowest BCUT2D eigenvalue weighted by molar-refractivity contribution is 0.823. The molecule has 3 aromatic rings. The fourth-order valence-corrected chi connectivity index (χ4v) is 2.35. The smallest absolute Gasteiger partial charge is 0.223 e. The lowest BCUT2D eigenvalue weighted by atomic mass is 10.1. The van der Waals surface area contributed by atoms with Gasteiger partial charge in [0.25, 0.3) is 0 Å². The van der Waals surface area contributed by atoms with E-state index in [0.717, 1.165) is 35.0 Å². The first-order chi connectivity index (χ1) is 10.2. The van der Waals surface area contributed by atoms with Crippen LogP contribution in [0.15, 0.2) is 30.3 Å². The molecule has 0 saturated carbocycles. The van der Waals surface area contributed by atoms with Crippen molar-refractivity contribution in [1.82, 2.24) is 19.9 Å². The van der Waals surface area contributed by atoms with Gasteiger partial charge < -0.3 is 5.73 Å². The average Bonchev–Trinajstić information content (AvgIpc) is 2.47. The van der Waals surface area contributed by atoms with Crippen LogP contribution < -0.4 is 5.73 Å². The molecule has 2 aromatic heterocycles. The number of fused-ring (bicyclic) bond motifs is 1. The minimum absolute atomic E-state index is 0.246. The molecule has 21 heavy (non-hydrogen) atoms. The summed E-state index contributed by atoms with van der Waals surface area (Å²) in [4.78, 5) is 17.5. The number of nitrogen functional groups attached to an aromatic ring is 1. The Kier molecular flexibility index (Phi) is 3.48. The third-order valence-corrected chi connectivity index (χ3v) is 3.32. The molecule has 0 atom stereocenters. The molecule has 106 valence electrons. The van der Waals surface area contributed by atoms with E-state index in [1.807, 2.05) is 24.3 Å². The number of para-hydroxylation sites is 1. The Morgan fingerprint density at radius 2 is 1.86 bits per heavy atom. The van der Waals surface area contributed by atoms with Crippen LogP contribution in [0.5, 0.6) is 0 Å². The molecule has 0 aliphatic rings. The number of aromatic nitrogens is 4. The molecule has 0 spiro atoms. The topological polar surface area (TPSA) is 77.6 Å². The molecule has 0 unspecified atom stereocenters. The van der Waals surface area contributed by atoms with Crippen LogP contribution in [0.25, 0.3) is 22.4 Å². The lowest BCUT2D eigenvalue weighted by Gasteiger charge is -2.07. The van der Waals surface area contributed by atoms with Crippen molar-refractivity contribution in [2.75, 3.05) is 5.73 Å². The van der Waals surface area contributed by atoms with Gasteiger partial charge in [0.1, 0.15) is 11.5 Å². The molecule has 0 radical (unpaired) electrons. The Bertz CT molecular complexity index is 798. The van der Waals surface area contributed by atoms with Gasteiger partial charge in [0.15, 0.2) is 5.82 Å². The maximum atomic E-state index is 5.79. The van der Waals surface area contributed by atoms with Crippen LogP contribution in [0.1, 0.15) is 24.7 Å². The summed E-state index contributed by atoms with van der Waals surface area (Å²) < 4.78 is 0. The van der Waals surface area contributed by atoms with Gasteiger partial charge in [0, 0.05) is 11.8 Å². The Morgan fingerprint density at radius 3 is 2.67 bits per heavy atom. The first kappa shape index (κ1) is 13.4. The third-order valence-electron chi connectivity index (χ3n) is 3.32. The number of nitrogens with two attached hydrogens (primary N) is 1. The molecular weight excluding hydrogens is 262 g/mol. The van der Waals surface area contributed by atoms with Crippen molar-refractivity contribution < 1.29 is 0 Å². The van der Waals surface area contributed by atoms with Crippen LogP contribution in [-0.2, 0) is 6.42 Å². The summed E-state index contributed by atoms with van der Waals surface area (Å²) >= 11 is 0. The van der Waals surface area contributed by atoms with Crippen molar-refractivity contribution in [3.8, 4) is 11.5 Å². The fraction of sp³-hybridized carbons (Fsp3) is 0.250. The van der Waals surface area contributed by atoms with Crippen LogP contribution in [0.2, 0.25) is 0 Å². The number of hydrogen-bond donors (Lipinski definition) is 1. The second kappa shape index (κ2) is 5.44. The monoisotopic (exact) mass is 279 g/mol. The number of aryl methyl sites for hydroxylation is 2. The van der Waals surface area contributed by atoms with Crippen molar-refractivity contribution >= 4 is 16.9 Å². The van der Waals surface area contributed by atoms with Gasteiger partial charge in [-0.1, -0.05) is 25.1 Å². The zero-order valence-electron chi connectivity index (χ0n) is 12.2. The summed E-state index contributed by atoms with van der Waals surface area (Å²) in [5.41, 5.74) is 8.60. The van der Waals surface area contributed by atoms with Gasteiger partial charge in [-0.2, -0.15) is 9.97 Å². The predicted octanol–water partition coefficient (Wildman–Crippen LogP) is 2.93. The molecule has 0 amide bonds. The van der Waals surface area contributed by atoms with E-state index in [0.29, 0.717) is 11.6 Å². The van der Waals surface area contributed by atoms with Gasteiger partial charge in [0.2, 0.25) is 5.95 Å². The largest absolute Gasteiger partial charge is 0.368 e. The number of anilines is 1. The number of pyridine rings is 1. The standard InChI is InChI=1S/C16H17N5/c1-3-6-14-19-15(21-16(17)20-14)13-9-10(2)11-7-4-5-8-12(11)18-13/h4-5,7-9H,3,6H2,1-2H3,(H2,17,19,20,21). The van der Waals surface area contributed by atoms with Gasteiger partial charge in [0.05, 0.1) is 5.52 Å². The molecule has 1 aromatic carbocycles. The summed E-state index contributed by atoms with van der Waals surface area (Å²) in [6, 6.07) is 10.0. The molecule has 3 rings (SSSR count). The number of rotatable bonds is 3. The van der Waals surface area contributed by atoms with E-state index in [4.69, 9.17) is 5.73 Å². The molecule has 0 saturated heterocycles. The molecule has 2 N–H and O–H groups in total. The van der Waals surface area contributed by atoms with E-state index in [2.05, 4.69) is 39.8 Å². The quantitative estimate of drug-likeness (QED) is 0.797. The van der Waals surface area contributed by atoms with E-state index in [9.17, 15) is 0 Å². The molecule has 0 aliphatic carbocycles. The maximum absolute atomic E-state index is 5.79. The van der Waals surface area contributed by atoms with E-state index < -0.39 is 0 Å². The normalized spacial score (nSPS) is 11.0. The van der Waals surface area contributed by atoms with E-state index >= 15 is 0 Å². The highest BCUT2D eigenvalue weighted by molar-refractivity contribution is 5.84. The fourth-order valence-electron chi connectivity index (χ4n) is 2.35. The molecular formula is C16H17N5. The van der Waals surface area contributed by atoms with Crippen molar-refractivity contribution in [3.63, 3.8) is 0 Å². The molecule has 0 aliphatic heterocycles. The summed E-state index contributed by atoms with van der Waals surface area (Å²) in [5.74, 6) is 1.50.